The van der Waals surface area contributed by atoms with Crippen molar-refractivity contribution in [3.63, 3.8) is 0 Å². The number of aromatic carboxylic acids is 1. The SMILES string of the molecule is CC(C)CC(O)CNc1ncc(C(=O)O)cc1[N+](=O)[O-]. The van der Waals surface area contributed by atoms with Crippen LogP contribution < -0.4 is 5.32 Å². The summed E-state index contributed by atoms with van der Waals surface area (Å²) in [6.45, 7) is 4.01. The molecule has 0 saturated heterocycles. The first-order valence-corrected chi connectivity index (χ1v) is 6.11. The number of nitrogens with zero attached hydrogens (tertiary/aromatic N) is 2. The number of carbonyl (C=O) groups is 1. The third kappa shape index (κ3) is 4.47. The van der Waals surface area contributed by atoms with E-state index in [1.165, 1.54) is 0 Å². The Bertz CT molecular complexity index is 504. The number of anilines is 1. The number of nitrogens with one attached hydrogen (secondary N) is 1. The van der Waals surface area contributed by atoms with Crippen molar-refractivity contribution in [2.45, 2.75) is 26.4 Å². The Morgan fingerprint density at radius 3 is 2.70 bits per heavy atom. The van der Waals surface area contributed by atoms with Crippen molar-refractivity contribution < 1.29 is 19.9 Å². The number of hydrogen-bond acceptors (Lipinski definition) is 6. The fraction of sp³-hybridized carbons (Fsp3) is 0.500. The van der Waals surface area contributed by atoms with Crippen LogP contribution in [0.1, 0.15) is 30.6 Å². The topological polar surface area (TPSA) is 126 Å². The summed E-state index contributed by atoms with van der Waals surface area (Å²) in [6, 6.07) is 0.937. The molecule has 1 rings (SSSR count). The van der Waals surface area contributed by atoms with Crippen LogP contribution in [0, 0.1) is 16.0 Å². The number of hydrogen-bond donors (Lipinski definition) is 3. The average molecular weight is 283 g/mol. The second-order valence-electron chi connectivity index (χ2n) is 4.82. The summed E-state index contributed by atoms with van der Waals surface area (Å²) in [7, 11) is 0. The molecule has 8 nitrogen and oxygen atoms in total. The molecule has 3 N–H and O–H groups in total. The Balaban J connectivity index is 2.84. The summed E-state index contributed by atoms with van der Waals surface area (Å²) in [6.07, 6.45) is 0.927. The van der Waals surface area contributed by atoms with Gasteiger partial charge in [-0.3, -0.25) is 10.1 Å². The van der Waals surface area contributed by atoms with Crippen molar-refractivity contribution in [3.05, 3.63) is 27.9 Å². The van der Waals surface area contributed by atoms with E-state index in [2.05, 4.69) is 10.3 Å². The zero-order valence-electron chi connectivity index (χ0n) is 11.2. The number of aliphatic hydroxyl groups is 1. The fourth-order valence-corrected chi connectivity index (χ4v) is 1.69. The van der Waals surface area contributed by atoms with Crippen LogP contribution in [0.5, 0.6) is 0 Å². The molecule has 0 amide bonds. The number of aromatic nitrogens is 1. The number of aliphatic hydroxyl groups excluding tert-OH is 1. The standard InChI is InChI=1S/C12H17N3O5/c1-7(2)3-9(16)6-14-11-10(15(19)20)4-8(5-13-11)12(17)18/h4-5,7,9,16H,3,6H2,1-2H3,(H,13,14)(H,17,18). The number of rotatable bonds is 7. The normalized spacial score (nSPS) is 12.2. The van der Waals surface area contributed by atoms with Gasteiger partial charge in [-0.25, -0.2) is 9.78 Å². The Morgan fingerprint density at radius 2 is 2.20 bits per heavy atom. The lowest BCUT2D eigenvalue weighted by Crippen LogP contribution is -2.22. The minimum Gasteiger partial charge on any atom is -0.478 e. The van der Waals surface area contributed by atoms with Gasteiger partial charge in [0, 0.05) is 18.8 Å². The zero-order valence-corrected chi connectivity index (χ0v) is 11.2. The van der Waals surface area contributed by atoms with Gasteiger partial charge in [-0.1, -0.05) is 13.8 Å². The van der Waals surface area contributed by atoms with Gasteiger partial charge in [0.05, 0.1) is 16.6 Å². The van der Waals surface area contributed by atoms with Gasteiger partial charge in [0.15, 0.2) is 0 Å². The molecule has 0 aliphatic carbocycles. The van der Waals surface area contributed by atoms with E-state index in [1.54, 1.807) is 0 Å². The van der Waals surface area contributed by atoms with Crippen molar-refractivity contribution in [1.29, 1.82) is 0 Å². The van der Waals surface area contributed by atoms with Crippen LogP contribution in [0.3, 0.4) is 0 Å². The molecule has 1 aromatic heterocycles. The van der Waals surface area contributed by atoms with Crippen LogP contribution >= 0.6 is 0 Å². The molecule has 0 aliphatic rings. The average Bonchev–Trinajstić information content (AvgIpc) is 2.35. The molecule has 110 valence electrons. The molecule has 1 unspecified atom stereocenters. The van der Waals surface area contributed by atoms with Crippen molar-refractivity contribution in [1.82, 2.24) is 4.98 Å². The first kappa shape index (κ1) is 15.8. The first-order valence-electron chi connectivity index (χ1n) is 6.11. The zero-order chi connectivity index (χ0) is 15.3. The van der Waals surface area contributed by atoms with E-state index < -0.39 is 22.7 Å². The van der Waals surface area contributed by atoms with Crippen molar-refractivity contribution in [2.75, 3.05) is 11.9 Å². The molecule has 0 saturated carbocycles. The van der Waals surface area contributed by atoms with Crippen LogP contribution in [0.15, 0.2) is 12.3 Å². The highest BCUT2D eigenvalue weighted by Crippen LogP contribution is 2.23. The second-order valence-corrected chi connectivity index (χ2v) is 4.82. The molecule has 8 heteroatoms. The van der Waals surface area contributed by atoms with E-state index in [9.17, 15) is 20.0 Å². The lowest BCUT2D eigenvalue weighted by atomic mass is 10.1. The van der Waals surface area contributed by atoms with Crippen LogP contribution in [0.25, 0.3) is 0 Å². The second kappa shape index (κ2) is 6.80. The summed E-state index contributed by atoms with van der Waals surface area (Å²) < 4.78 is 0. The number of pyridine rings is 1. The maximum atomic E-state index is 10.9. The summed E-state index contributed by atoms with van der Waals surface area (Å²) in [5.74, 6) is -1.04. The third-order valence-corrected chi connectivity index (χ3v) is 2.56. The van der Waals surface area contributed by atoms with E-state index in [4.69, 9.17) is 5.11 Å². The predicted octanol–water partition coefficient (Wildman–Crippen LogP) is 1.51. The Kier molecular flexibility index (Phi) is 5.39. The van der Waals surface area contributed by atoms with Crippen molar-refractivity contribution >= 4 is 17.5 Å². The highest BCUT2D eigenvalue weighted by atomic mass is 16.6. The van der Waals surface area contributed by atoms with Gasteiger partial charge in [0.2, 0.25) is 5.82 Å². The van der Waals surface area contributed by atoms with Gasteiger partial charge in [-0.05, 0) is 12.3 Å². The van der Waals surface area contributed by atoms with Crippen LogP contribution in [0.2, 0.25) is 0 Å². The first-order chi connectivity index (χ1) is 9.31. The highest BCUT2D eigenvalue weighted by Gasteiger charge is 2.19. The smallest absolute Gasteiger partial charge is 0.337 e. The molecular formula is C12H17N3O5. The van der Waals surface area contributed by atoms with Gasteiger partial charge in [0.1, 0.15) is 0 Å². The monoisotopic (exact) mass is 283 g/mol. The van der Waals surface area contributed by atoms with Crippen LogP contribution in [-0.2, 0) is 0 Å². The number of carboxylic acids is 1. The summed E-state index contributed by atoms with van der Waals surface area (Å²) >= 11 is 0. The quantitative estimate of drug-likeness (QED) is 0.511. The van der Waals surface area contributed by atoms with Gasteiger partial charge in [-0.15, -0.1) is 0 Å². The largest absolute Gasteiger partial charge is 0.478 e. The third-order valence-electron chi connectivity index (χ3n) is 2.56. The maximum absolute atomic E-state index is 10.9. The lowest BCUT2D eigenvalue weighted by molar-refractivity contribution is -0.384. The Labute approximate surface area is 115 Å². The van der Waals surface area contributed by atoms with Gasteiger partial charge in [-0.2, -0.15) is 0 Å². The minimum absolute atomic E-state index is 0.0530. The molecule has 0 aromatic carbocycles. The van der Waals surface area contributed by atoms with Gasteiger partial charge in [0.25, 0.3) is 0 Å². The number of nitro groups is 1. The lowest BCUT2D eigenvalue weighted by Gasteiger charge is -2.14. The number of carboxylic acid groups (broad SMARTS) is 1. The van der Waals surface area contributed by atoms with Gasteiger partial charge < -0.3 is 15.5 Å². The summed E-state index contributed by atoms with van der Waals surface area (Å²) in [5, 5.41) is 32.0. The molecule has 0 fully saturated rings. The Morgan fingerprint density at radius 1 is 1.55 bits per heavy atom. The summed E-state index contributed by atoms with van der Waals surface area (Å²) in [4.78, 5) is 24.7. The highest BCUT2D eigenvalue weighted by molar-refractivity contribution is 5.88. The van der Waals surface area contributed by atoms with Gasteiger partial charge >= 0.3 is 11.7 Å². The molecule has 0 spiro atoms. The molecule has 0 bridgehead atoms. The molecule has 1 aromatic rings. The predicted molar refractivity (Wildman–Crippen MR) is 71.8 cm³/mol. The van der Waals surface area contributed by atoms with E-state index >= 15 is 0 Å². The van der Waals surface area contributed by atoms with Crippen molar-refractivity contribution in [3.8, 4) is 0 Å². The molecule has 0 radical (unpaired) electrons. The maximum Gasteiger partial charge on any atom is 0.337 e. The van der Waals surface area contributed by atoms with E-state index in [1.807, 2.05) is 13.8 Å². The van der Waals surface area contributed by atoms with Crippen LogP contribution in [-0.4, -0.2) is 38.7 Å². The van der Waals surface area contributed by atoms with Crippen molar-refractivity contribution in [2.24, 2.45) is 5.92 Å². The molecule has 1 atom stereocenters. The fourth-order valence-electron chi connectivity index (χ4n) is 1.69. The van der Waals surface area contributed by atoms with Crippen LogP contribution in [0.4, 0.5) is 11.5 Å². The Hall–Kier alpha value is -2.22. The molecule has 0 aliphatic heterocycles. The van der Waals surface area contributed by atoms with E-state index in [-0.39, 0.29) is 17.9 Å². The molecule has 1 heterocycles. The summed E-state index contributed by atoms with van der Waals surface area (Å²) in [5.41, 5.74) is -0.688. The van der Waals surface area contributed by atoms with E-state index in [0.717, 1.165) is 12.3 Å². The molecular weight excluding hydrogens is 266 g/mol. The van der Waals surface area contributed by atoms with E-state index in [0.29, 0.717) is 12.3 Å². The molecule has 20 heavy (non-hydrogen) atoms. The minimum atomic E-state index is -1.29.